The van der Waals surface area contributed by atoms with Gasteiger partial charge in [0.15, 0.2) is 0 Å². The molecule has 1 heterocycles. The van der Waals surface area contributed by atoms with Crippen molar-refractivity contribution in [1.29, 1.82) is 0 Å². The highest BCUT2D eigenvalue weighted by atomic mass is 16.5. The summed E-state index contributed by atoms with van der Waals surface area (Å²) in [4.78, 5) is 20.1. The topological polar surface area (TPSA) is 90.0 Å². The lowest BCUT2D eigenvalue weighted by Crippen LogP contribution is -2.45. The van der Waals surface area contributed by atoms with Gasteiger partial charge in [0.1, 0.15) is 5.97 Å². The molecular formula is C4H4N2O4. The molecule has 0 saturated heterocycles. The predicted molar refractivity (Wildman–Crippen MR) is 24.5 cm³/mol. The maximum Gasteiger partial charge on any atom is 0.426 e. The predicted octanol–water partition coefficient (Wildman–Crippen LogP) is -2.99. The smallest absolute Gasteiger partial charge is 0.426 e. The van der Waals surface area contributed by atoms with Gasteiger partial charge >= 0.3 is 5.63 Å². The highest BCUT2D eigenvalue weighted by molar-refractivity contribution is 5.62. The summed E-state index contributed by atoms with van der Waals surface area (Å²) in [7, 11) is 0. The average molecular weight is 144 g/mol. The minimum atomic E-state index is -1.29. The van der Waals surface area contributed by atoms with Crippen LogP contribution in [0.5, 0.6) is 0 Å². The summed E-state index contributed by atoms with van der Waals surface area (Å²) in [6, 6.07) is 0. The molecule has 0 radical (unpaired) electrons. The van der Waals surface area contributed by atoms with Crippen LogP contribution in [0.25, 0.3) is 0 Å². The Morgan fingerprint density at radius 2 is 2.60 bits per heavy atom. The van der Waals surface area contributed by atoms with Crippen LogP contribution in [0.2, 0.25) is 0 Å². The summed E-state index contributed by atoms with van der Waals surface area (Å²) in [6.45, 7) is -0.411. The van der Waals surface area contributed by atoms with Gasteiger partial charge in [-0.15, -0.1) is 0 Å². The molecule has 10 heavy (non-hydrogen) atoms. The number of carbonyl (C=O) groups is 1. The first kappa shape index (κ1) is 6.53. The molecule has 1 rings (SSSR count). The number of rotatable bonds is 2. The van der Waals surface area contributed by atoms with Crippen molar-refractivity contribution in [1.82, 2.24) is 5.27 Å². The molecule has 6 heteroatoms. The largest absolute Gasteiger partial charge is 0.544 e. The van der Waals surface area contributed by atoms with Gasteiger partial charge < -0.3 is 9.90 Å². The van der Waals surface area contributed by atoms with E-state index < -0.39 is 18.1 Å². The Bertz CT molecular complexity index is 285. The molecule has 0 spiro atoms. The zero-order valence-electron chi connectivity index (χ0n) is 4.86. The van der Waals surface area contributed by atoms with Gasteiger partial charge in [0.2, 0.25) is 6.54 Å². The Morgan fingerprint density at radius 1 is 1.90 bits per heavy atom. The lowest BCUT2D eigenvalue weighted by Gasteiger charge is -1.88. The highest BCUT2D eigenvalue weighted by Crippen LogP contribution is 1.59. The fourth-order valence-corrected chi connectivity index (χ4v) is 0.501. The Hall–Kier alpha value is -1.59. The van der Waals surface area contributed by atoms with Crippen molar-refractivity contribution in [3.05, 3.63) is 16.6 Å². The third kappa shape index (κ3) is 1.44. The van der Waals surface area contributed by atoms with Crippen LogP contribution in [-0.2, 0) is 11.3 Å². The van der Waals surface area contributed by atoms with Crippen LogP contribution in [0, 0.1) is 0 Å². The molecule has 0 aliphatic carbocycles. The van der Waals surface area contributed by atoms with E-state index in [0.717, 1.165) is 10.9 Å². The van der Waals surface area contributed by atoms with E-state index in [4.69, 9.17) is 0 Å². The molecule has 54 valence electrons. The first-order valence-electron chi connectivity index (χ1n) is 2.46. The van der Waals surface area contributed by atoms with Gasteiger partial charge in [-0.25, -0.2) is 4.79 Å². The van der Waals surface area contributed by atoms with Gasteiger partial charge in [-0.3, -0.25) is 4.52 Å². The fraction of sp³-hybridized carbons (Fsp3) is 0.250. The zero-order valence-corrected chi connectivity index (χ0v) is 4.86. The second kappa shape index (κ2) is 2.34. The number of hydrogen-bond acceptors (Lipinski definition) is 4. The molecule has 0 aliphatic rings. The molecule has 1 aromatic rings. The van der Waals surface area contributed by atoms with Crippen LogP contribution < -0.4 is 15.4 Å². The molecule has 1 aromatic heterocycles. The van der Waals surface area contributed by atoms with E-state index in [9.17, 15) is 14.7 Å². The second-order valence-electron chi connectivity index (χ2n) is 1.64. The van der Waals surface area contributed by atoms with E-state index in [0.29, 0.717) is 0 Å². The van der Waals surface area contributed by atoms with E-state index in [1.54, 1.807) is 0 Å². The van der Waals surface area contributed by atoms with Gasteiger partial charge in [-0.05, 0) is 5.27 Å². The second-order valence-corrected chi connectivity index (χ2v) is 1.64. The molecular weight excluding hydrogens is 140 g/mol. The summed E-state index contributed by atoms with van der Waals surface area (Å²) < 4.78 is 5.13. The molecule has 0 bridgehead atoms. The number of carboxylic acid groups (broad SMARTS) is 1. The summed E-state index contributed by atoms with van der Waals surface area (Å²) in [5.41, 5.74) is -0.624. The first-order valence-corrected chi connectivity index (χ1v) is 2.46. The molecule has 0 unspecified atom stereocenters. The third-order valence-corrected chi connectivity index (χ3v) is 0.824. The third-order valence-electron chi connectivity index (χ3n) is 0.824. The molecule has 0 amide bonds. The maximum absolute atomic E-state index is 10.2. The monoisotopic (exact) mass is 144 g/mol. The summed E-state index contributed by atoms with van der Waals surface area (Å²) >= 11 is 0. The molecule has 0 fully saturated rings. The normalized spacial score (nSPS) is 9.60. The SMILES string of the molecule is O=C([O-])C[n+]1cc(=O)o[nH]1. The summed E-state index contributed by atoms with van der Waals surface area (Å²) in [6.07, 6.45) is 0.982. The molecule has 0 aromatic carbocycles. The fourth-order valence-electron chi connectivity index (χ4n) is 0.501. The van der Waals surface area contributed by atoms with E-state index in [1.807, 2.05) is 5.27 Å². The molecule has 6 nitrogen and oxygen atoms in total. The van der Waals surface area contributed by atoms with Gasteiger partial charge in [0.05, 0.1) is 0 Å². The first-order chi connectivity index (χ1) is 4.68. The molecule has 1 N–H and O–H groups in total. The lowest BCUT2D eigenvalue weighted by molar-refractivity contribution is -0.755. The Morgan fingerprint density at radius 3 is 3.00 bits per heavy atom. The average Bonchev–Trinajstić information content (AvgIpc) is 2.13. The maximum atomic E-state index is 10.2. The van der Waals surface area contributed by atoms with Crippen LogP contribution in [0.1, 0.15) is 0 Å². The number of nitrogens with one attached hydrogen (secondary N) is 1. The van der Waals surface area contributed by atoms with Crippen molar-refractivity contribution < 1.29 is 19.1 Å². The lowest BCUT2D eigenvalue weighted by atomic mass is 10.7. The van der Waals surface area contributed by atoms with E-state index in [1.165, 1.54) is 0 Å². The van der Waals surface area contributed by atoms with Crippen molar-refractivity contribution in [3.8, 4) is 0 Å². The van der Waals surface area contributed by atoms with Crippen LogP contribution in [0.3, 0.4) is 0 Å². The molecule has 0 saturated carbocycles. The van der Waals surface area contributed by atoms with Gasteiger partial charge in [-0.1, -0.05) is 4.68 Å². The number of nitrogens with zero attached hydrogens (tertiary/aromatic N) is 1. The number of H-pyrrole nitrogens is 1. The van der Waals surface area contributed by atoms with Gasteiger partial charge in [0, 0.05) is 0 Å². The van der Waals surface area contributed by atoms with Gasteiger partial charge in [-0.2, -0.15) is 0 Å². The van der Waals surface area contributed by atoms with Gasteiger partial charge in [0.25, 0.3) is 6.20 Å². The summed E-state index contributed by atoms with van der Waals surface area (Å²) in [5, 5.41) is 11.9. The molecule has 0 atom stereocenters. The summed E-state index contributed by atoms with van der Waals surface area (Å²) in [5.74, 6) is -1.29. The van der Waals surface area contributed by atoms with Crippen molar-refractivity contribution >= 4 is 5.97 Å². The Labute approximate surface area is 54.6 Å². The van der Waals surface area contributed by atoms with Crippen molar-refractivity contribution in [2.75, 3.05) is 0 Å². The Kier molecular flexibility index (Phi) is 1.53. The minimum absolute atomic E-state index is 0.411. The number of aromatic amines is 1. The van der Waals surface area contributed by atoms with Crippen molar-refractivity contribution in [2.24, 2.45) is 0 Å². The van der Waals surface area contributed by atoms with Crippen molar-refractivity contribution in [3.63, 3.8) is 0 Å². The quantitative estimate of drug-likeness (QED) is 0.448. The van der Waals surface area contributed by atoms with Crippen LogP contribution >= 0.6 is 0 Å². The number of carbonyl (C=O) groups excluding carboxylic acids is 1. The molecule has 0 aliphatic heterocycles. The highest BCUT2D eigenvalue weighted by Gasteiger charge is 2.03. The number of aliphatic carboxylic acids is 1. The number of carboxylic acids is 1. The van der Waals surface area contributed by atoms with Crippen molar-refractivity contribution in [2.45, 2.75) is 6.54 Å². The Balaban J connectivity index is 2.76. The standard InChI is InChI=1S/C4H4N2O4/c7-3(8)1-6-2-4(9)10-5-6/h2H,1H2,(H-,5,7,8,9). The number of aromatic nitrogens is 2. The van der Waals surface area contributed by atoms with Crippen LogP contribution in [-0.4, -0.2) is 11.2 Å². The number of hydrogen-bond donors (Lipinski definition) is 1. The minimum Gasteiger partial charge on any atom is -0.544 e. The van der Waals surface area contributed by atoms with E-state index in [-0.39, 0.29) is 0 Å². The van der Waals surface area contributed by atoms with Crippen LogP contribution in [0.15, 0.2) is 15.5 Å². The van der Waals surface area contributed by atoms with E-state index >= 15 is 0 Å². The van der Waals surface area contributed by atoms with Crippen LogP contribution in [0.4, 0.5) is 0 Å². The zero-order chi connectivity index (χ0) is 7.56. The van der Waals surface area contributed by atoms with E-state index in [2.05, 4.69) is 4.52 Å².